The van der Waals surface area contributed by atoms with Gasteiger partial charge in [-0.1, -0.05) is 18.2 Å². The van der Waals surface area contributed by atoms with E-state index in [0.717, 1.165) is 18.4 Å². The highest BCUT2D eigenvalue weighted by Crippen LogP contribution is 2.21. The van der Waals surface area contributed by atoms with Gasteiger partial charge in [0.25, 0.3) is 0 Å². The van der Waals surface area contributed by atoms with Gasteiger partial charge in [-0.2, -0.15) is 0 Å². The summed E-state index contributed by atoms with van der Waals surface area (Å²) < 4.78 is 0.695. The number of nitrogens with one attached hydrogen (secondary N) is 1. The first-order valence-corrected chi connectivity index (χ1v) is 6.77. The highest BCUT2D eigenvalue weighted by molar-refractivity contribution is 5.35. The number of aromatic amines is 1. The Labute approximate surface area is 115 Å². The summed E-state index contributed by atoms with van der Waals surface area (Å²) >= 11 is 0. The Morgan fingerprint density at radius 3 is 2.84 bits per heavy atom. The molecule has 0 fully saturated rings. The topological polar surface area (TPSA) is 44.8 Å². The minimum atomic E-state index is 0.695. The minimum Gasteiger partial charge on any atom is -0.346 e. The van der Waals surface area contributed by atoms with E-state index in [4.69, 9.17) is 0 Å². The molecule has 0 saturated heterocycles. The molecule has 0 spiro atoms. The normalized spacial score (nSPS) is 16.1. The summed E-state index contributed by atoms with van der Waals surface area (Å²) in [7, 11) is 8.22. The molecule has 5 nitrogen and oxygen atoms in total. The summed E-state index contributed by atoms with van der Waals surface area (Å²) in [5.74, 6) is 1.63. The highest BCUT2D eigenvalue weighted by atomic mass is 15.5. The first-order valence-electron chi connectivity index (χ1n) is 6.77. The van der Waals surface area contributed by atoms with Crippen LogP contribution in [0.25, 0.3) is 0 Å². The summed E-state index contributed by atoms with van der Waals surface area (Å²) in [5.41, 5.74) is 1.47. The maximum Gasteiger partial charge on any atom is 0.326 e. The number of H-pyrrole nitrogens is 1. The van der Waals surface area contributed by atoms with Crippen molar-refractivity contribution in [1.29, 1.82) is 0 Å². The van der Waals surface area contributed by atoms with Gasteiger partial charge in [-0.3, -0.25) is 4.48 Å². The number of allylic oxidation sites excluding steroid dienone is 3. The van der Waals surface area contributed by atoms with Gasteiger partial charge in [0.2, 0.25) is 5.95 Å². The van der Waals surface area contributed by atoms with E-state index in [1.54, 1.807) is 0 Å². The largest absolute Gasteiger partial charge is 0.346 e. The standard InChI is InChI=1S/C14H24N5/c1-18(2)13-15-14(17-16-13)19(3,4)11-12-9-7-5-6-8-10-12/h5,7,9H,6,8,10-11H2,1-4H3,(H,15,16,17)/q+1. The first-order chi connectivity index (χ1) is 8.99. The lowest BCUT2D eigenvalue weighted by Gasteiger charge is -2.26. The van der Waals surface area contributed by atoms with Crippen molar-refractivity contribution in [2.24, 2.45) is 0 Å². The molecule has 1 aliphatic rings. The van der Waals surface area contributed by atoms with E-state index in [1.165, 1.54) is 24.8 Å². The molecule has 0 saturated carbocycles. The second-order valence-corrected chi connectivity index (χ2v) is 5.84. The van der Waals surface area contributed by atoms with Crippen LogP contribution in [0, 0.1) is 0 Å². The maximum atomic E-state index is 4.56. The smallest absolute Gasteiger partial charge is 0.326 e. The molecule has 0 unspecified atom stereocenters. The van der Waals surface area contributed by atoms with Crippen LogP contribution in [0.2, 0.25) is 0 Å². The third-order valence-electron chi connectivity index (χ3n) is 3.37. The number of quaternary nitrogens is 1. The van der Waals surface area contributed by atoms with Gasteiger partial charge < -0.3 is 4.90 Å². The Morgan fingerprint density at radius 2 is 2.16 bits per heavy atom. The van der Waals surface area contributed by atoms with Crippen molar-refractivity contribution in [3.8, 4) is 0 Å². The third kappa shape index (κ3) is 3.44. The van der Waals surface area contributed by atoms with Crippen molar-refractivity contribution in [2.45, 2.75) is 19.3 Å². The molecule has 104 valence electrons. The van der Waals surface area contributed by atoms with Crippen LogP contribution in [0.3, 0.4) is 0 Å². The van der Waals surface area contributed by atoms with Gasteiger partial charge >= 0.3 is 5.95 Å². The molecule has 0 radical (unpaired) electrons. The molecule has 19 heavy (non-hydrogen) atoms. The van der Waals surface area contributed by atoms with Crippen molar-refractivity contribution in [3.05, 3.63) is 23.8 Å². The summed E-state index contributed by atoms with van der Waals surface area (Å²) in [6.07, 6.45) is 10.3. The van der Waals surface area contributed by atoms with Crippen LogP contribution in [0.1, 0.15) is 19.3 Å². The van der Waals surface area contributed by atoms with Crippen LogP contribution in [-0.2, 0) is 0 Å². The molecule has 1 aromatic heterocycles. The second-order valence-electron chi connectivity index (χ2n) is 5.84. The molecular weight excluding hydrogens is 238 g/mol. The van der Waals surface area contributed by atoms with Crippen molar-refractivity contribution < 1.29 is 0 Å². The Morgan fingerprint density at radius 1 is 1.37 bits per heavy atom. The predicted octanol–water partition coefficient (Wildman–Crippen LogP) is 2.10. The Kier molecular flexibility index (Phi) is 4.04. The number of likely N-dealkylation sites (N-methyl/N-ethyl adjacent to an activating group) is 1. The quantitative estimate of drug-likeness (QED) is 0.845. The molecule has 1 heterocycles. The molecule has 2 rings (SSSR count). The van der Waals surface area contributed by atoms with E-state index < -0.39 is 0 Å². The molecule has 0 atom stereocenters. The number of anilines is 1. The van der Waals surface area contributed by atoms with Crippen LogP contribution in [0.4, 0.5) is 11.9 Å². The summed E-state index contributed by atoms with van der Waals surface area (Å²) in [4.78, 5) is 6.47. The van der Waals surface area contributed by atoms with E-state index in [2.05, 4.69) is 47.5 Å². The van der Waals surface area contributed by atoms with Crippen molar-refractivity contribution in [1.82, 2.24) is 19.7 Å². The van der Waals surface area contributed by atoms with Gasteiger partial charge in [0.1, 0.15) is 6.54 Å². The Bertz CT molecular complexity index is 482. The van der Waals surface area contributed by atoms with Crippen molar-refractivity contribution in [2.75, 3.05) is 39.6 Å². The fourth-order valence-electron chi connectivity index (χ4n) is 2.26. The lowest BCUT2D eigenvalue weighted by molar-refractivity contribution is 0.404. The van der Waals surface area contributed by atoms with Gasteiger partial charge in [0.15, 0.2) is 0 Å². The van der Waals surface area contributed by atoms with Crippen molar-refractivity contribution in [3.63, 3.8) is 0 Å². The van der Waals surface area contributed by atoms with Gasteiger partial charge in [-0.05, 0) is 24.8 Å². The van der Waals surface area contributed by atoms with Crippen LogP contribution in [-0.4, -0.2) is 49.9 Å². The fourth-order valence-corrected chi connectivity index (χ4v) is 2.26. The van der Waals surface area contributed by atoms with E-state index >= 15 is 0 Å². The predicted molar refractivity (Wildman–Crippen MR) is 80.3 cm³/mol. The van der Waals surface area contributed by atoms with Crippen LogP contribution in [0.5, 0.6) is 0 Å². The highest BCUT2D eigenvalue weighted by Gasteiger charge is 2.25. The van der Waals surface area contributed by atoms with E-state index in [0.29, 0.717) is 4.48 Å². The molecule has 0 aliphatic heterocycles. The average molecular weight is 262 g/mol. The summed E-state index contributed by atoms with van der Waals surface area (Å²) in [5, 5.41) is 7.29. The number of aromatic nitrogens is 3. The summed E-state index contributed by atoms with van der Waals surface area (Å²) in [6.45, 7) is 0.965. The first kappa shape index (κ1) is 13.8. The molecule has 5 heteroatoms. The second kappa shape index (κ2) is 5.57. The average Bonchev–Trinajstić information content (AvgIpc) is 2.72. The third-order valence-corrected chi connectivity index (χ3v) is 3.37. The Hall–Kier alpha value is -1.62. The minimum absolute atomic E-state index is 0.695. The molecule has 0 aromatic carbocycles. The van der Waals surface area contributed by atoms with Gasteiger partial charge in [0.05, 0.1) is 14.1 Å². The zero-order valence-corrected chi connectivity index (χ0v) is 12.3. The Balaban J connectivity index is 2.12. The van der Waals surface area contributed by atoms with Crippen molar-refractivity contribution >= 4 is 11.9 Å². The van der Waals surface area contributed by atoms with Crippen LogP contribution >= 0.6 is 0 Å². The molecule has 0 bridgehead atoms. The SMILES string of the molecule is CN(C)c1n[nH]c([N+](C)(C)CC2=CC=CCCC2)n1. The van der Waals surface area contributed by atoms with E-state index in [-0.39, 0.29) is 0 Å². The lowest BCUT2D eigenvalue weighted by atomic mass is 10.1. The number of rotatable bonds is 4. The fraction of sp³-hybridized carbons (Fsp3) is 0.571. The lowest BCUT2D eigenvalue weighted by Crippen LogP contribution is -2.43. The van der Waals surface area contributed by atoms with E-state index in [9.17, 15) is 0 Å². The van der Waals surface area contributed by atoms with Gasteiger partial charge in [-0.25, -0.2) is 5.10 Å². The number of hydrogen-bond acceptors (Lipinski definition) is 3. The molecular formula is C14H24N5+. The van der Waals surface area contributed by atoms with Gasteiger partial charge in [0, 0.05) is 14.1 Å². The van der Waals surface area contributed by atoms with Gasteiger partial charge in [-0.15, -0.1) is 10.1 Å². The summed E-state index contributed by atoms with van der Waals surface area (Å²) in [6, 6.07) is 0. The monoisotopic (exact) mass is 262 g/mol. The maximum absolute atomic E-state index is 4.56. The number of nitrogens with zero attached hydrogens (tertiary/aromatic N) is 4. The zero-order valence-electron chi connectivity index (χ0n) is 12.3. The molecule has 1 aromatic rings. The van der Waals surface area contributed by atoms with E-state index in [1.807, 2.05) is 19.0 Å². The van der Waals surface area contributed by atoms with Crippen LogP contribution in [0.15, 0.2) is 23.8 Å². The number of hydrogen-bond donors (Lipinski definition) is 1. The molecule has 1 N–H and O–H groups in total. The zero-order chi connectivity index (χ0) is 13.9. The molecule has 0 amide bonds. The molecule has 1 aliphatic carbocycles. The van der Waals surface area contributed by atoms with Crippen LogP contribution < -0.4 is 9.38 Å².